The first kappa shape index (κ1) is 15.5. The SMILES string of the molecule is Nc1ncnc2[nH]cc(C#Cc3cccc(NS(=O)(=O)C4CC4)c3)c12. The van der Waals surface area contributed by atoms with Crippen LogP contribution in [0.2, 0.25) is 0 Å². The number of nitrogens with one attached hydrogen (secondary N) is 2. The van der Waals surface area contributed by atoms with Gasteiger partial charge in [-0.3, -0.25) is 4.72 Å². The number of anilines is 2. The highest BCUT2D eigenvalue weighted by atomic mass is 32.2. The second-order valence-corrected chi connectivity index (χ2v) is 7.82. The predicted octanol–water partition coefficient (Wildman–Crippen LogP) is 1.84. The third-order valence-electron chi connectivity index (χ3n) is 3.93. The van der Waals surface area contributed by atoms with E-state index in [2.05, 4.69) is 31.5 Å². The minimum absolute atomic E-state index is 0.267. The quantitative estimate of drug-likeness (QED) is 0.622. The summed E-state index contributed by atoms with van der Waals surface area (Å²) in [5.41, 5.74) is 8.41. The largest absolute Gasteiger partial charge is 0.383 e. The highest BCUT2D eigenvalue weighted by Gasteiger charge is 2.35. The van der Waals surface area contributed by atoms with Gasteiger partial charge in [-0.25, -0.2) is 18.4 Å². The van der Waals surface area contributed by atoms with Crippen molar-refractivity contribution in [2.75, 3.05) is 10.5 Å². The van der Waals surface area contributed by atoms with Gasteiger partial charge in [-0.1, -0.05) is 17.9 Å². The maximum atomic E-state index is 12.0. The van der Waals surface area contributed by atoms with Gasteiger partial charge < -0.3 is 10.7 Å². The number of nitrogen functional groups attached to an aromatic ring is 1. The summed E-state index contributed by atoms with van der Waals surface area (Å²) < 4.78 is 26.7. The van der Waals surface area contributed by atoms with E-state index in [4.69, 9.17) is 5.73 Å². The third-order valence-corrected chi connectivity index (χ3v) is 5.80. The van der Waals surface area contributed by atoms with Crippen LogP contribution in [0, 0.1) is 11.8 Å². The molecule has 0 spiro atoms. The summed E-state index contributed by atoms with van der Waals surface area (Å²) in [6, 6.07) is 7.00. The maximum absolute atomic E-state index is 12.0. The van der Waals surface area contributed by atoms with Gasteiger partial charge in [-0.2, -0.15) is 0 Å². The molecule has 0 atom stereocenters. The number of aromatic amines is 1. The van der Waals surface area contributed by atoms with E-state index in [0.717, 1.165) is 12.8 Å². The monoisotopic (exact) mass is 353 g/mol. The van der Waals surface area contributed by atoms with Crippen molar-refractivity contribution in [3.8, 4) is 11.8 Å². The third kappa shape index (κ3) is 3.14. The molecule has 25 heavy (non-hydrogen) atoms. The maximum Gasteiger partial charge on any atom is 0.235 e. The summed E-state index contributed by atoms with van der Waals surface area (Å²) >= 11 is 0. The van der Waals surface area contributed by atoms with Gasteiger partial charge in [-0.05, 0) is 31.0 Å². The molecule has 1 aliphatic carbocycles. The molecule has 1 aliphatic rings. The molecule has 1 fully saturated rings. The molecular formula is C17H15N5O2S. The van der Waals surface area contributed by atoms with Crippen LogP contribution in [0.5, 0.6) is 0 Å². The Balaban J connectivity index is 1.63. The van der Waals surface area contributed by atoms with E-state index in [-0.39, 0.29) is 5.25 Å². The van der Waals surface area contributed by atoms with Crippen LogP contribution < -0.4 is 10.5 Å². The normalized spacial score (nSPS) is 14.1. The van der Waals surface area contributed by atoms with Crippen molar-refractivity contribution < 1.29 is 8.42 Å². The molecule has 2 aromatic heterocycles. The van der Waals surface area contributed by atoms with Crippen LogP contribution in [0.4, 0.5) is 11.5 Å². The number of nitrogens with zero attached hydrogens (tertiary/aromatic N) is 2. The van der Waals surface area contributed by atoms with Crippen molar-refractivity contribution >= 4 is 32.6 Å². The van der Waals surface area contributed by atoms with E-state index in [9.17, 15) is 8.42 Å². The van der Waals surface area contributed by atoms with Gasteiger partial charge in [0.1, 0.15) is 17.8 Å². The Hall–Kier alpha value is -3.05. The molecule has 2 heterocycles. The van der Waals surface area contributed by atoms with E-state index in [1.807, 2.05) is 6.07 Å². The summed E-state index contributed by atoms with van der Waals surface area (Å²) in [4.78, 5) is 11.1. The van der Waals surface area contributed by atoms with E-state index in [0.29, 0.717) is 33.7 Å². The number of sulfonamides is 1. The number of H-pyrrole nitrogens is 1. The lowest BCUT2D eigenvalue weighted by atomic mass is 10.2. The van der Waals surface area contributed by atoms with Crippen LogP contribution in [0.15, 0.2) is 36.8 Å². The van der Waals surface area contributed by atoms with Crippen molar-refractivity contribution in [2.24, 2.45) is 0 Å². The fraction of sp³-hybridized carbons (Fsp3) is 0.176. The minimum Gasteiger partial charge on any atom is -0.383 e. The Bertz CT molecular complexity index is 1120. The van der Waals surface area contributed by atoms with Gasteiger partial charge >= 0.3 is 0 Å². The smallest absolute Gasteiger partial charge is 0.235 e. The number of rotatable bonds is 3. The van der Waals surface area contributed by atoms with Crippen LogP contribution >= 0.6 is 0 Å². The molecule has 0 unspecified atom stereocenters. The van der Waals surface area contributed by atoms with Crippen molar-refractivity contribution in [1.82, 2.24) is 15.0 Å². The van der Waals surface area contributed by atoms with Crippen LogP contribution in [0.25, 0.3) is 11.0 Å². The lowest BCUT2D eigenvalue weighted by Gasteiger charge is -2.06. The molecule has 4 N–H and O–H groups in total. The van der Waals surface area contributed by atoms with Crippen molar-refractivity contribution in [2.45, 2.75) is 18.1 Å². The number of aromatic nitrogens is 3. The fourth-order valence-electron chi connectivity index (χ4n) is 2.51. The van der Waals surface area contributed by atoms with E-state index in [1.165, 1.54) is 6.33 Å². The zero-order chi connectivity index (χ0) is 17.4. The molecule has 1 aromatic carbocycles. The lowest BCUT2D eigenvalue weighted by molar-refractivity contribution is 0.600. The zero-order valence-corrected chi connectivity index (χ0v) is 14.0. The van der Waals surface area contributed by atoms with Gasteiger partial charge in [0.25, 0.3) is 0 Å². The molecule has 0 saturated heterocycles. The summed E-state index contributed by atoms with van der Waals surface area (Å²) in [7, 11) is -3.29. The number of hydrogen-bond donors (Lipinski definition) is 3. The standard InChI is InChI=1S/C17H15N5O2S/c18-16-15-12(9-19-17(15)21-10-20-16)5-4-11-2-1-3-13(8-11)22-25(23,24)14-6-7-14/h1-3,8-10,14,22H,6-7H2,(H3,18,19,20,21). The Kier molecular flexibility index (Phi) is 3.58. The average molecular weight is 353 g/mol. The molecule has 0 amide bonds. The zero-order valence-electron chi connectivity index (χ0n) is 13.2. The van der Waals surface area contributed by atoms with Gasteiger partial charge in [0.2, 0.25) is 10.0 Å². The van der Waals surface area contributed by atoms with Crippen LogP contribution in [0.3, 0.4) is 0 Å². The Labute approximate surface area is 144 Å². The van der Waals surface area contributed by atoms with Gasteiger partial charge in [0, 0.05) is 17.4 Å². The van der Waals surface area contributed by atoms with E-state index in [1.54, 1.807) is 24.4 Å². The highest BCUT2D eigenvalue weighted by Crippen LogP contribution is 2.29. The highest BCUT2D eigenvalue weighted by molar-refractivity contribution is 7.93. The second kappa shape index (κ2) is 5.79. The molecule has 0 radical (unpaired) electrons. The topological polar surface area (TPSA) is 114 Å². The number of hydrogen-bond acceptors (Lipinski definition) is 5. The van der Waals surface area contributed by atoms with Gasteiger partial charge in [-0.15, -0.1) is 0 Å². The second-order valence-electron chi connectivity index (χ2n) is 5.86. The lowest BCUT2D eigenvalue weighted by Crippen LogP contribution is -2.17. The van der Waals surface area contributed by atoms with Crippen molar-refractivity contribution in [3.63, 3.8) is 0 Å². The first-order valence-corrected chi connectivity index (χ1v) is 9.29. The molecule has 7 nitrogen and oxygen atoms in total. The first-order chi connectivity index (χ1) is 12.0. The Morgan fingerprint density at radius 3 is 2.88 bits per heavy atom. The van der Waals surface area contributed by atoms with Crippen molar-refractivity contribution in [3.05, 3.63) is 47.9 Å². The Morgan fingerprint density at radius 2 is 2.08 bits per heavy atom. The van der Waals surface area contributed by atoms with Crippen LogP contribution in [0.1, 0.15) is 24.0 Å². The number of fused-ring (bicyclic) bond motifs is 1. The first-order valence-electron chi connectivity index (χ1n) is 7.74. The number of benzene rings is 1. The summed E-state index contributed by atoms with van der Waals surface area (Å²) in [5.74, 6) is 6.42. The van der Waals surface area contributed by atoms with E-state index >= 15 is 0 Å². The average Bonchev–Trinajstić information content (AvgIpc) is 3.35. The minimum atomic E-state index is -3.29. The molecule has 8 heteroatoms. The number of nitrogens with two attached hydrogens (primary N) is 1. The van der Waals surface area contributed by atoms with Crippen LogP contribution in [-0.4, -0.2) is 28.6 Å². The van der Waals surface area contributed by atoms with Crippen molar-refractivity contribution in [1.29, 1.82) is 0 Å². The van der Waals surface area contributed by atoms with Crippen LogP contribution in [-0.2, 0) is 10.0 Å². The van der Waals surface area contributed by atoms with Gasteiger partial charge in [0.05, 0.1) is 16.2 Å². The summed E-state index contributed by atoms with van der Waals surface area (Å²) in [6.07, 6.45) is 4.56. The van der Waals surface area contributed by atoms with E-state index < -0.39 is 10.0 Å². The fourth-order valence-corrected chi connectivity index (χ4v) is 3.89. The molecular weight excluding hydrogens is 338 g/mol. The predicted molar refractivity (Wildman–Crippen MR) is 96.3 cm³/mol. The molecule has 3 aromatic rings. The Morgan fingerprint density at radius 1 is 1.24 bits per heavy atom. The van der Waals surface area contributed by atoms with Gasteiger partial charge in [0.15, 0.2) is 0 Å². The molecule has 0 aliphatic heterocycles. The molecule has 4 rings (SSSR count). The summed E-state index contributed by atoms with van der Waals surface area (Å²) in [6.45, 7) is 0. The molecule has 0 bridgehead atoms. The molecule has 1 saturated carbocycles. The summed E-state index contributed by atoms with van der Waals surface area (Å²) in [5, 5.41) is 0.414. The molecule has 126 valence electrons.